The molecule has 5 rings (SSSR count). The van der Waals surface area contributed by atoms with E-state index in [1.54, 1.807) is 13.8 Å². The van der Waals surface area contributed by atoms with Crippen molar-refractivity contribution in [3.63, 3.8) is 0 Å². The van der Waals surface area contributed by atoms with Gasteiger partial charge in [-0.2, -0.15) is 0 Å². The van der Waals surface area contributed by atoms with Crippen molar-refractivity contribution < 1.29 is 14.9 Å². The van der Waals surface area contributed by atoms with Crippen LogP contribution in [0.4, 0.5) is 0 Å². The Morgan fingerprint density at radius 1 is 1.15 bits per heavy atom. The SMILES string of the molecule is CC(C)(O)CCOc1cc(-c2cc3cc(CN4CCCCC4)ccc3[nH]2)c2c(c1Cl)CNC2O. The van der Waals surface area contributed by atoms with E-state index in [0.717, 1.165) is 39.8 Å². The summed E-state index contributed by atoms with van der Waals surface area (Å²) in [6, 6.07) is 10.6. The normalized spacial score (nSPS) is 19.0. The summed E-state index contributed by atoms with van der Waals surface area (Å²) in [5.41, 5.74) is 5.02. The highest BCUT2D eigenvalue weighted by Crippen LogP contribution is 2.43. The first-order valence-corrected chi connectivity index (χ1v) is 12.6. The molecule has 2 aliphatic rings. The highest BCUT2D eigenvalue weighted by atomic mass is 35.5. The van der Waals surface area contributed by atoms with Crippen LogP contribution in [0.1, 0.15) is 62.4 Å². The maximum Gasteiger partial charge on any atom is 0.138 e. The largest absolute Gasteiger partial charge is 0.492 e. The molecule has 0 amide bonds. The van der Waals surface area contributed by atoms with Crippen LogP contribution in [0.2, 0.25) is 5.02 Å². The molecule has 182 valence electrons. The summed E-state index contributed by atoms with van der Waals surface area (Å²) in [5, 5.41) is 25.4. The molecule has 3 heterocycles. The molecule has 0 bridgehead atoms. The number of hydrogen-bond acceptors (Lipinski definition) is 5. The van der Waals surface area contributed by atoms with Crippen molar-refractivity contribution in [3.8, 4) is 17.0 Å². The van der Waals surface area contributed by atoms with Crippen LogP contribution in [0.15, 0.2) is 30.3 Å². The molecule has 4 N–H and O–H groups in total. The number of hydrogen-bond donors (Lipinski definition) is 4. The maximum atomic E-state index is 10.7. The van der Waals surface area contributed by atoms with Crippen LogP contribution in [0, 0.1) is 0 Å². The van der Waals surface area contributed by atoms with Gasteiger partial charge in [0.05, 0.1) is 17.2 Å². The summed E-state index contributed by atoms with van der Waals surface area (Å²) < 4.78 is 5.99. The van der Waals surface area contributed by atoms with Gasteiger partial charge in [-0.15, -0.1) is 0 Å². The molecule has 7 heteroatoms. The van der Waals surface area contributed by atoms with E-state index in [1.807, 2.05) is 6.07 Å². The van der Waals surface area contributed by atoms with Crippen LogP contribution < -0.4 is 10.1 Å². The molecule has 1 saturated heterocycles. The van der Waals surface area contributed by atoms with Gasteiger partial charge in [-0.1, -0.05) is 24.1 Å². The molecule has 6 nitrogen and oxygen atoms in total. The van der Waals surface area contributed by atoms with Crippen LogP contribution in [-0.4, -0.2) is 45.4 Å². The van der Waals surface area contributed by atoms with Gasteiger partial charge in [0.25, 0.3) is 0 Å². The van der Waals surface area contributed by atoms with Crippen molar-refractivity contribution in [2.75, 3.05) is 19.7 Å². The summed E-state index contributed by atoms with van der Waals surface area (Å²) in [4.78, 5) is 6.06. The second kappa shape index (κ2) is 9.51. The smallest absolute Gasteiger partial charge is 0.138 e. The predicted molar refractivity (Wildman–Crippen MR) is 136 cm³/mol. The van der Waals surface area contributed by atoms with Gasteiger partial charge in [0.1, 0.15) is 12.0 Å². The molecule has 3 aromatic rings. The molecule has 2 aliphatic heterocycles. The number of ether oxygens (including phenoxy) is 1. The zero-order chi connectivity index (χ0) is 23.9. The number of aliphatic hydroxyl groups excluding tert-OH is 1. The van der Waals surface area contributed by atoms with Crippen LogP contribution in [0.25, 0.3) is 22.2 Å². The van der Waals surface area contributed by atoms with Crippen molar-refractivity contribution in [1.82, 2.24) is 15.2 Å². The Balaban J connectivity index is 1.47. The van der Waals surface area contributed by atoms with Crippen LogP contribution in [0.3, 0.4) is 0 Å². The van der Waals surface area contributed by atoms with Gasteiger partial charge in [0, 0.05) is 47.2 Å². The van der Waals surface area contributed by atoms with E-state index < -0.39 is 11.8 Å². The van der Waals surface area contributed by atoms with Crippen molar-refractivity contribution >= 4 is 22.5 Å². The number of aliphatic hydroxyl groups is 2. The van der Waals surface area contributed by atoms with Crippen molar-refractivity contribution in [3.05, 3.63) is 52.0 Å². The van der Waals surface area contributed by atoms with E-state index in [9.17, 15) is 10.2 Å². The number of H-pyrrole nitrogens is 1. The van der Waals surface area contributed by atoms with Crippen LogP contribution in [0.5, 0.6) is 5.75 Å². The third kappa shape index (κ3) is 4.97. The standard InChI is InChI=1S/C27H34ClN3O3/c1-27(2,33)8-11-34-23-14-19(24-20(25(23)28)15-29-26(24)32)22-13-18-12-17(6-7-21(18)30-22)16-31-9-4-3-5-10-31/h6-7,12-14,26,29-30,32-33H,3-5,8-11,15-16H2,1-2H3. The van der Waals surface area contributed by atoms with Gasteiger partial charge < -0.3 is 19.9 Å². The molecule has 0 radical (unpaired) electrons. The van der Waals surface area contributed by atoms with Crippen molar-refractivity contribution in [2.24, 2.45) is 0 Å². The number of rotatable bonds is 7. The van der Waals surface area contributed by atoms with Crippen molar-refractivity contribution in [2.45, 2.75) is 64.4 Å². The summed E-state index contributed by atoms with van der Waals surface area (Å²) in [6.45, 7) is 7.68. The van der Waals surface area contributed by atoms with E-state index in [-0.39, 0.29) is 0 Å². The summed E-state index contributed by atoms with van der Waals surface area (Å²) in [6.07, 6.45) is 3.62. The fraction of sp³-hybridized carbons (Fsp3) is 0.481. The number of aromatic amines is 1. The van der Waals surface area contributed by atoms with Crippen LogP contribution in [-0.2, 0) is 13.1 Å². The highest BCUT2D eigenvalue weighted by Gasteiger charge is 2.29. The number of piperidine rings is 1. The van der Waals surface area contributed by atoms with E-state index in [1.165, 1.54) is 37.9 Å². The second-order valence-corrected chi connectivity index (χ2v) is 10.6. The molecule has 0 aliphatic carbocycles. The molecule has 34 heavy (non-hydrogen) atoms. The zero-order valence-electron chi connectivity index (χ0n) is 20.0. The first-order valence-electron chi connectivity index (χ1n) is 12.2. The quantitative estimate of drug-likeness (QED) is 0.375. The summed E-state index contributed by atoms with van der Waals surface area (Å²) in [7, 11) is 0. The Labute approximate surface area is 205 Å². The average molecular weight is 484 g/mol. The number of likely N-dealkylation sites (tertiary alicyclic amines) is 1. The number of nitrogens with one attached hydrogen (secondary N) is 2. The number of benzene rings is 2. The van der Waals surface area contributed by atoms with Gasteiger partial charge in [-0.25, -0.2) is 0 Å². The van der Waals surface area contributed by atoms with Crippen LogP contribution >= 0.6 is 11.6 Å². The molecular formula is C27H34ClN3O3. The molecule has 1 fully saturated rings. The fourth-order valence-corrected chi connectivity index (χ4v) is 5.31. The topological polar surface area (TPSA) is 80.8 Å². The van der Waals surface area contributed by atoms with E-state index in [0.29, 0.717) is 30.3 Å². The highest BCUT2D eigenvalue weighted by molar-refractivity contribution is 6.33. The lowest BCUT2D eigenvalue weighted by Crippen LogP contribution is -2.28. The molecule has 1 aromatic heterocycles. The lowest BCUT2D eigenvalue weighted by atomic mass is 9.99. The number of aromatic nitrogens is 1. The number of nitrogens with zero attached hydrogens (tertiary/aromatic N) is 1. The minimum absolute atomic E-state index is 0.351. The molecule has 0 spiro atoms. The molecule has 1 atom stereocenters. The zero-order valence-corrected chi connectivity index (χ0v) is 20.7. The van der Waals surface area contributed by atoms with E-state index in [2.05, 4.69) is 39.5 Å². The first-order chi connectivity index (χ1) is 16.3. The van der Waals surface area contributed by atoms with Gasteiger partial charge in [0.2, 0.25) is 0 Å². The number of fused-ring (bicyclic) bond motifs is 2. The Hall–Kier alpha value is -2.09. The fourth-order valence-electron chi connectivity index (χ4n) is 5.03. The third-order valence-electron chi connectivity index (χ3n) is 6.92. The summed E-state index contributed by atoms with van der Waals surface area (Å²) >= 11 is 6.67. The van der Waals surface area contributed by atoms with Gasteiger partial charge in [0.15, 0.2) is 0 Å². The monoisotopic (exact) mass is 483 g/mol. The van der Waals surface area contributed by atoms with Crippen molar-refractivity contribution in [1.29, 1.82) is 0 Å². The average Bonchev–Trinajstić information content (AvgIpc) is 3.39. The second-order valence-electron chi connectivity index (χ2n) is 10.3. The Bertz CT molecular complexity index is 1180. The molecule has 2 aromatic carbocycles. The van der Waals surface area contributed by atoms with Gasteiger partial charge in [-0.05, 0) is 75.2 Å². The van der Waals surface area contributed by atoms with E-state index >= 15 is 0 Å². The third-order valence-corrected chi connectivity index (χ3v) is 7.33. The first kappa shape index (κ1) is 23.6. The lowest BCUT2D eigenvalue weighted by molar-refractivity contribution is 0.0553. The maximum absolute atomic E-state index is 10.7. The Morgan fingerprint density at radius 2 is 1.94 bits per heavy atom. The Morgan fingerprint density at radius 3 is 2.71 bits per heavy atom. The summed E-state index contributed by atoms with van der Waals surface area (Å²) in [5.74, 6) is 0.569. The molecule has 1 unspecified atom stereocenters. The Kier molecular flexibility index (Phi) is 6.62. The minimum Gasteiger partial charge on any atom is -0.492 e. The minimum atomic E-state index is -0.813. The molecular weight excluding hydrogens is 450 g/mol. The van der Waals surface area contributed by atoms with Gasteiger partial charge in [-0.3, -0.25) is 10.2 Å². The van der Waals surface area contributed by atoms with E-state index in [4.69, 9.17) is 16.3 Å². The lowest BCUT2D eigenvalue weighted by Gasteiger charge is -2.26. The van der Waals surface area contributed by atoms with Gasteiger partial charge >= 0.3 is 0 Å². The predicted octanol–water partition coefficient (Wildman–Crippen LogP) is 5.11. The molecule has 0 saturated carbocycles. The number of halogens is 1.